The van der Waals surface area contributed by atoms with E-state index in [1.54, 1.807) is 6.92 Å². The molecule has 110 valence electrons. The molecule has 0 bridgehead atoms. The van der Waals surface area contributed by atoms with Gasteiger partial charge in [-0.25, -0.2) is 9.97 Å². The van der Waals surface area contributed by atoms with Crippen LogP contribution >= 0.6 is 23.2 Å². The SMILES string of the molecule is CCn1cc([N+](=O)[O-])cc1C(=O)Nc1c(Cl)ncnc1Cl. The van der Waals surface area contributed by atoms with Gasteiger partial charge in [0, 0.05) is 12.6 Å². The molecule has 0 fully saturated rings. The van der Waals surface area contributed by atoms with E-state index in [1.807, 2.05) is 0 Å². The number of nitro groups is 1. The maximum atomic E-state index is 12.2. The quantitative estimate of drug-likeness (QED) is 0.527. The zero-order valence-corrected chi connectivity index (χ0v) is 12.2. The molecule has 0 aromatic carbocycles. The normalized spacial score (nSPS) is 10.4. The molecule has 0 saturated carbocycles. The van der Waals surface area contributed by atoms with Crippen molar-refractivity contribution >= 4 is 40.5 Å². The number of hydrogen-bond donors (Lipinski definition) is 1. The van der Waals surface area contributed by atoms with Gasteiger partial charge in [-0.15, -0.1) is 0 Å². The Hall–Kier alpha value is -2.19. The van der Waals surface area contributed by atoms with Crippen molar-refractivity contribution in [2.45, 2.75) is 13.5 Å². The Morgan fingerprint density at radius 2 is 2.05 bits per heavy atom. The van der Waals surface area contributed by atoms with Crippen LogP contribution < -0.4 is 5.32 Å². The van der Waals surface area contributed by atoms with Crippen LogP contribution in [-0.4, -0.2) is 25.4 Å². The smallest absolute Gasteiger partial charge is 0.287 e. The highest BCUT2D eigenvalue weighted by molar-refractivity contribution is 6.38. The van der Waals surface area contributed by atoms with E-state index in [9.17, 15) is 14.9 Å². The predicted molar refractivity (Wildman–Crippen MR) is 76.8 cm³/mol. The lowest BCUT2D eigenvalue weighted by Crippen LogP contribution is -2.17. The molecule has 10 heteroatoms. The van der Waals surface area contributed by atoms with Crippen LogP contribution in [0.1, 0.15) is 17.4 Å². The van der Waals surface area contributed by atoms with Gasteiger partial charge in [0.15, 0.2) is 10.3 Å². The summed E-state index contributed by atoms with van der Waals surface area (Å²) in [5.74, 6) is -0.594. The number of amides is 1. The van der Waals surface area contributed by atoms with Crippen LogP contribution in [0, 0.1) is 10.1 Å². The molecule has 2 rings (SSSR count). The molecule has 1 N–H and O–H groups in total. The highest BCUT2D eigenvalue weighted by Crippen LogP contribution is 2.27. The van der Waals surface area contributed by atoms with Crippen LogP contribution in [0.5, 0.6) is 0 Å². The second-order valence-electron chi connectivity index (χ2n) is 3.91. The molecule has 0 spiro atoms. The van der Waals surface area contributed by atoms with Crippen LogP contribution in [0.2, 0.25) is 10.3 Å². The third-order valence-electron chi connectivity index (χ3n) is 2.66. The fourth-order valence-corrected chi connectivity index (χ4v) is 2.08. The predicted octanol–water partition coefficient (Wildman–Crippen LogP) is 2.77. The summed E-state index contributed by atoms with van der Waals surface area (Å²) in [6, 6.07) is 1.17. The van der Waals surface area contributed by atoms with Gasteiger partial charge in [-0.1, -0.05) is 23.2 Å². The Kier molecular flexibility index (Phi) is 4.39. The van der Waals surface area contributed by atoms with Gasteiger partial charge in [0.05, 0.1) is 11.1 Å². The number of carbonyl (C=O) groups excluding carboxylic acids is 1. The average Bonchev–Trinajstić information content (AvgIpc) is 2.87. The molecule has 2 aromatic heterocycles. The van der Waals surface area contributed by atoms with Crippen LogP contribution in [0.15, 0.2) is 18.6 Å². The number of nitrogens with one attached hydrogen (secondary N) is 1. The topological polar surface area (TPSA) is 103 Å². The van der Waals surface area contributed by atoms with Crippen molar-refractivity contribution in [2.24, 2.45) is 0 Å². The molecular formula is C11H9Cl2N5O3. The minimum atomic E-state index is -0.594. The minimum absolute atomic E-state index is 0.0209. The van der Waals surface area contributed by atoms with Gasteiger partial charge < -0.3 is 9.88 Å². The molecule has 0 atom stereocenters. The van der Waals surface area contributed by atoms with Gasteiger partial charge in [-0.05, 0) is 6.92 Å². The zero-order chi connectivity index (χ0) is 15.6. The number of nitrogens with zero attached hydrogens (tertiary/aromatic N) is 4. The number of carbonyl (C=O) groups is 1. The van der Waals surface area contributed by atoms with E-state index in [0.29, 0.717) is 6.54 Å². The van der Waals surface area contributed by atoms with Crippen LogP contribution in [0.25, 0.3) is 0 Å². The molecule has 8 nitrogen and oxygen atoms in total. The maximum absolute atomic E-state index is 12.2. The minimum Gasteiger partial charge on any atom is -0.337 e. The first-order valence-electron chi connectivity index (χ1n) is 5.76. The van der Waals surface area contributed by atoms with E-state index in [2.05, 4.69) is 15.3 Å². The fraction of sp³-hybridized carbons (Fsp3) is 0.182. The highest BCUT2D eigenvalue weighted by Gasteiger charge is 2.20. The molecule has 0 aliphatic rings. The Bertz CT molecular complexity index is 696. The molecule has 1 amide bonds. The maximum Gasteiger partial charge on any atom is 0.287 e. The summed E-state index contributed by atoms with van der Waals surface area (Å²) in [4.78, 5) is 29.8. The molecule has 0 unspecified atom stereocenters. The van der Waals surface area contributed by atoms with E-state index in [4.69, 9.17) is 23.2 Å². The van der Waals surface area contributed by atoms with Gasteiger partial charge >= 0.3 is 0 Å². The number of aryl methyl sites for hydroxylation is 1. The second-order valence-corrected chi connectivity index (χ2v) is 4.63. The first kappa shape index (κ1) is 15.2. The van der Waals surface area contributed by atoms with Gasteiger partial charge in [0.2, 0.25) is 0 Å². The molecule has 21 heavy (non-hydrogen) atoms. The highest BCUT2D eigenvalue weighted by atomic mass is 35.5. The summed E-state index contributed by atoms with van der Waals surface area (Å²) in [5, 5.41) is 13.2. The van der Waals surface area contributed by atoms with Crippen molar-refractivity contribution < 1.29 is 9.72 Å². The van der Waals surface area contributed by atoms with Crippen LogP contribution in [-0.2, 0) is 6.54 Å². The van der Waals surface area contributed by atoms with Gasteiger partial charge in [0.1, 0.15) is 17.7 Å². The first-order chi connectivity index (χ1) is 9.93. The largest absolute Gasteiger partial charge is 0.337 e. The first-order valence-corrected chi connectivity index (χ1v) is 6.51. The third kappa shape index (κ3) is 3.11. The monoisotopic (exact) mass is 329 g/mol. The second kappa shape index (κ2) is 6.06. The van der Waals surface area contributed by atoms with Crippen molar-refractivity contribution in [2.75, 3.05) is 5.32 Å². The van der Waals surface area contributed by atoms with Gasteiger partial charge in [0.25, 0.3) is 11.6 Å². The average molecular weight is 330 g/mol. The van der Waals surface area contributed by atoms with Crippen molar-refractivity contribution in [3.8, 4) is 0 Å². The molecule has 0 aliphatic carbocycles. The molecule has 0 aliphatic heterocycles. The van der Waals surface area contributed by atoms with Crippen molar-refractivity contribution in [1.29, 1.82) is 0 Å². The number of aromatic nitrogens is 3. The van der Waals surface area contributed by atoms with Crippen molar-refractivity contribution in [3.63, 3.8) is 0 Å². The standard InChI is InChI=1S/C11H9Cl2N5O3/c1-2-17-4-6(18(20)21)3-7(17)11(19)16-8-9(12)14-5-15-10(8)13/h3-5H,2H2,1H3,(H,16,19). The lowest BCUT2D eigenvalue weighted by Gasteiger charge is -2.08. The van der Waals surface area contributed by atoms with E-state index in [0.717, 1.165) is 6.33 Å². The Morgan fingerprint density at radius 1 is 1.43 bits per heavy atom. The van der Waals surface area contributed by atoms with E-state index < -0.39 is 10.8 Å². The Labute approximate surface area is 128 Å². The number of halogens is 2. The summed E-state index contributed by atoms with van der Waals surface area (Å²) >= 11 is 11.7. The fourth-order valence-electron chi connectivity index (χ4n) is 1.67. The molecule has 0 saturated heterocycles. The van der Waals surface area contributed by atoms with Crippen molar-refractivity contribution in [3.05, 3.63) is 44.7 Å². The van der Waals surface area contributed by atoms with Gasteiger partial charge in [-0.3, -0.25) is 14.9 Å². The van der Waals surface area contributed by atoms with E-state index in [-0.39, 0.29) is 27.4 Å². The third-order valence-corrected chi connectivity index (χ3v) is 3.23. The molecule has 2 aromatic rings. The number of rotatable bonds is 4. The number of anilines is 1. The van der Waals surface area contributed by atoms with Crippen molar-refractivity contribution in [1.82, 2.24) is 14.5 Å². The van der Waals surface area contributed by atoms with E-state index in [1.165, 1.54) is 16.8 Å². The van der Waals surface area contributed by atoms with Crippen LogP contribution in [0.3, 0.4) is 0 Å². The lowest BCUT2D eigenvalue weighted by molar-refractivity contribution is -0.384. The summed E-state index contributed by atoms with van der Waals surface area (Å²) < 4.78 is 1.44. The Balaban J connectivity index is 2.34. The van der Waals surface area contributed by atoms with Crippen LogP contribution in [0.4, 0.5) is 11.4 Å². The summed E-state index contributed by atoms with van der Waals surface area (Å²) in [6.07, 6.45) is 2.43. The van der Waals surface area contributed by atoms with E-state index >= 15 is 0 Å². The molecule has 2 heterocycles. The lowest BCUT2D eigenvalue weighted by atomic mass is 10.3. The molecular weight excluding hydrogens is 321 g/mol. The summed E-state index contributed by atoms with van der Waals surface area (Å²) in [6.45, 7) is 2.15. The number of hydrogen-bond acceptors (Lipinski definition) is 5. The Morgan fingerprint density at radius 3 is 2.57 bits per heavy atom. The van der Waals surface area contributed by atoms with Gasteiger partial charge in [-0.2, -0.15) is 0 Å². The summed E-state index contributed by atoms with van der Waals surface area (Å²) in [5.41, 5.74) is -0.0129. The molecule has 0 radical (unpaired) electrons. The summed E-state index contributed by atoms with van der Waals surface area (Å²) in [7, 11) is 0. The zero-order valence-electron chi connectivity index (χ0n) is 10.7.